The molecule has 4 heteroatoms. The summed E-state index contributed by atoms with van der Waals surface area (Å²) in [6.07, 6.45) is 104. The van der Waals surface area contributed by atoms with E-state index >= 15 is 0 Å². The minimum Gasteiger partial charge on any atom is -0.394 e. The largest absolute Gasteiger partial charge is 0.394 e. The Morgan fingerprint density at radius 2 is 0.556 bits per heavy atom. The third kappa shape index (κ3) is 68.5. The molecule has 1 amide bonds. The van der Waals surface area contributed by atoms with E-state index in [0.29, 0.717) is 6.42 Å². The predicted molar refractivity (Wildman–Crippen MR) is 364 cm³/mol. The maximum atomic E-state index is 12.5. The van der Waals surface area contributed by atoms with Crippen LogP contribution < -0.4 is 5.32 Å². The number of nitrogens with one attached hydrogen (secondary N) is 1. The van der Waals surface area contributed by atoms with Crippen LogP contribution in [0.15, 0.2) is 72.9 Å². The van der Waals surface area contributed by atoms with E-state index in [1.54, 1.807) is 6.08 Å². The van der Waals surface area contributed by atoms with Gasteiger partial charge in [0.2, 0.25) is 5.91 Å². The molecule has 0 rings (SSSR count). The molecule has 0 aliphatic heterocycles. The molecule has 2 unspecified atom stereocenters. The molecule has 0 aliphatic carbocycles. The van der Waals surface area contributed by atoms with E-state index in [1.165, 1.54) is 315 Å². The van der Waals surface area contributed by atoms with E-state index in [9.17, 15) is 15.0 Å². The highest BCUT2D eigenvalue weighted by Crippen LogP contribution is 2.19. The van der Waals surface area contributed by atoms with Crippen molar-refractivity contribution in [3.63, 3.8) is 0 Å². The van der Waals surface area contributed by atoms with Gasteiger partial charge in [0.15, 0.2) is 0 Å². The van der Waals surface area contributed by atoms with Gasteiger partial charge in [-0.2, -0.15) is 0 Å². The molecule has 81 heavy (non-hydrogen) atoms. The van der Waals surface area contributed by atoms with Gasteiger partial charge in [-0.25, -0.2) is 0 Å². The smallest absolute Gasteiger partial charge is 0.220 e. The second-order valence-corrected chi connectivity index (χ2v) is 25.0. The van der Waals surface area contributed by atoms with E-state index in [1.807, 2.05) is 6.08 Å². The molecule has 0 spiro atoms. The van der Waals surface area contributed by atoms with Crippen LogP contribution in [-0.2, 0) is 4.79 Å². The Kier molecular flexibility index (Phi) is 70.2. The average Bonchev–Trinajstić information content (AvgIpc) is 3.47. The van der Waals surface area contributed by atoms with Crippen LogP contribution in [-0.4, -0.2) is 34.9 Å². The molecule has 0 aromatic heterocycles. The molecule has 4 nitrogen and oxygen atoms in total. The second kappa shape index (κ2) is 72.1. The Morgan fingerprint density at radius 1 is 0.309 bits per heavy atom. The van der Waals surface area contributed by atoms with Gasteiger partial charge in [-0.1, -0.05) is 389 Å². The number of amides is 1. The quantitative estimate of drug-likeness (QED) is 0.0420. The summed E-state index contributed by atoms with van der Waals surface area (Å²) >= 11 is 0. The van der Waals surface area contributed by atoms with E-state index in [2.05, 4.69) is 79.9 Å². The number of aliphatic hydroxyl groups is 2. The summed E-state index contributed by atoms with van der Waals surface area (Å²) in [6.45, 7) is 4.23. The van der Waals surface area contributed by atoms with Gasteiger partial charge < -0.3 is 15.5 Å². The Hall–Kier alpha value is -2.17. The summed E-state index contributed by atoms with van der Waals surface area (Å²) in [6, 6.07) is -0.641. The van der Waals surface area contributed by atoms with Crippen LogP contribution in [0.25, 0.3) is 0 Å². The standard InChI is InChI=1S/C77H143NO3/c1-3-5-7-9-11-13-15-17-19-21-23-25-27-29-31-33-34-35-36-37-38-39-40-41-42-43-44-45-47-49-51-53-55-57-59-61-63-65-67-69-71-73-77(81)78-75(74-79)76(80)72-70-68-66-64-62-60-58-56-54-52-50-48-46-32-30-28-26-24-22-20-18-16-14-12-10-8-6-4-2/h5,7,11,13,17,19,23,25,62,64,70,72,75-76,79-80H,3-4,6,8-10,12,14-16,18,20-22,24,26-61,63,65-69,71,73-74H2,1-2H3,(H,78,81)/b7-5-,13-11-,19-17-,25-23-,64-62+,72-70+. The van der Waals surface area contributed by atoms with E-state index in [0.717, 1.165) is 57.8 Å². The van der Waals surface area contributed by atoms with E-state index < -0.39 is 12.1 Å². The van der Waals surface area contributed by atoms with Crippen LogP contribution in [0.4, 0.5) is 0 Å². The van der Waals surface area contributed by atoms with Crippen LogP contribution in [0.1, 0.15) is 393 Å². The summed E-state index contributed by atoms with van der Waals surface area (Å²) in [7, 11) is 0. The Balaban J connectivity index is 3.42. The van der Waals surface area contributed by atoms with E-state index in [4.69, 9.17) is 0 Å². The highest BCUT2D eigenvalue weighted by molar-refractivity contribution is 5.76. The summed E-state index contributed by atoms with van der Waals surface area (Å²) in [5.74, 6) is -0.0663. The third-order valence-corrected chi connectivity index (χ3v) is 16.9. The SMILES string of the molecule is CC/C=C\C/C=C\C/C=C\C/C=C\CCCCCCCCCCCCCCCCCCCCCCCCCCCCCCC(=O)NC(CO)C(O)/C=C/CC/C=C/CCCCCCCCCCCCCCCCCCCCCCCC. The number of allylic oxidation sites excluding steroid dienone is 11. The van der Waals surface area contributed by atoms with Crippen LogP contribution in [0.3, 0.4) is 0 Å². The first-order chi connectivity index (χ1) is 40.2. The first kappa shape index (κ1) is 78.8. The predicted octanol–water partition coefficient (Wildman–Crippen LogP) is 25.2. The summed E-state index contributed by atoms with van der Waals surface area (Å²) in [5, 5.41) is 23.3. The molecule has 0 aliphatic rings. The van der Waals surface area contributed by atoms with Gasteiger partial charge in [0, 0.05) is 6.42 Å². The summed E-state index contributed by atoms with van der Waals surface area (Å²) in [5.41, 5.74) is 0. The Morgan fingerprint density at radius 3 is 0.864 bits per heavy atom. The fraction of sp³-hybridized carbons (Fsp3) is 0.831. The molecule has 474 valence electrons. The highest BCUT2D eigenvalue weighted by atomic mass is 16.3. The van der Waals surface area contributed by atoms with Gasteiger partial charge in [0.1, 0.15) is 0 Å². The van der Waals surface area contributed by atoms with Crippen molar-refractivity contribution in [1.29, 1.82) is 0 Å². The van der Waals surface area contributed by atoms with Gasteiger partial charge in [-0.15, -0.1) is 0 Å². The molecule has 0 bridgehead atoms. The fourth-order valence-corrected chi connectivity index (χ4v) is 11.4. The van der Waals surface area contributed by atoms with Crippen molar-refractivity contribution in [2.45, 2.75) is 405 Å². The van der Waals surface area contributed by atoms with Crippen LogP contribution in [0.5, 0.6) is 0 Å². The van der Waals surface area contributed by atoms with Crippen molar-refractivity contribution in [1.82, 2.24) is 5.32 Å². The van der Waals surface area contributed by atoms with Crippen molar-refractivity contribution >= 4 is 5.91 Å². The molecule has 3 N–H and O–H groups in total. The number of rotatable bonds is 68. The van der Waals surface area contributed by atoms with Gasteiger partial charge >= 0.3 is 0 Å². The van der Waals surface area contributed by atoms with Crippen molar-refractivity contribution in [3.8, 4) is 0 Å². The lowest BCUT2D eigenvalue weighted by Crippen LogP contribution is -2.45. The fourth-order valence-electron chi connectivity index (χ4n) is 11.4. The second-order valence-electron chi connectivity index (χ2n) is 25.0. The Labute approximate surface area is 508 Å². The summed E-state index contributed by atoms with van der Waals surface area (Å²) in [4.78, 5) is 12.5. The maximum Gasteiger partial charge on any atom is 0.220 e. The topological polar surface area (TPSA) is 69.6 Å². The minimum absolute atomic E-state index is 0.0663. The number of unbranched alkanes of at least 4 members (excludes halogenated alkanes) is 51. The van der Waals surface area contributed by atoms with E-state index in [-0.39, 0.29) is 12.5 Å². The molecular formula is C77H143NO3. The number of aliphatic hydroxyl groups excluding tert-OH is 2. The van der Waals surface area contributed by atoms with Crippen LogP contribution in [0, 0.1) is 0 Å². The molecule has 0 saturated heterocycles. The minimum atomic E-state index is -0.864. The molecule has 0 fully saturated rings. The zero-order valence-corrected chi connectivity index (χ0v) is 54.8. The van der Waals surface area contributed by atoms with Crippen molar-refractivity contribution in [2.75, 3.05) is 6.61 Å². The highest BCUT2D eigenvalue weighted by Gasteiger charge is 2.18. The van der Waals surface area contributed by atoms with Gasteiger partial charge in [0.05, 0.1) is 18.8 Å². The molecule has 2 atom stereocenters. The Bertz CT molecular complexity index is 1380. The van der Waals surface area contributed by atoms with Crippen molar-refractivity contribution in [2.24, 2.45) is 0 Å². The lowest BCUT2D eigenvalue weighted by Gasteiger charge is -2.19. The molecular weight excluding hydrogens is 987 g/mol. The number of hydrogen-bond donors (Lipinski definition) is 3. The summed E-state index contributed by atoms with van der Waals surface area (Å²) < 4.78 is 0. The van der Waals surface area contributed by atoms with Crippen LogP contribution >= 0.6 is 0 Å². The normalized spacial score (nSPS) is 13.1. The molecule has 0 aromatic rings. The number of hydrogen-bond acceptors (Lipinski definition) is 3. The lowest BCUT2D eigenvalue weighted by molar-refractivity contribution is -0.123. The first-order valence-corrected chi connectivity index (χ1v) is 36.7. The zero-order valence-electron chi connectivity index (χ0n) is 54.8. The third-order valence-electron chi connectivity index (χ3n) is 16.9. The molecule has 0 heterocycles. The number of carbonyl (C=O) groups is 1. The average molecular weight is 1130 g/mol. The van der Waals surface area contributed by atoms with Crippen molar-refractivity contribution < 1.29 is 15.0 Å². The first-order valence-electron chi connectivity index (χ1n) is 36.7. The monoisotopic (exact) mass is 1130 g/mol. The van der Waals surface area contributed by atoms with Gasteiger partial charge in [-0.05, 0) is 70.6 Å². The van der Waals surface area contributed by atoms with Crippen molar-refractivity contribution in [3.05, 3.63) is 72.9 Å². The van der Waals surface area contributed by atoms with Gasteiger partial charge in [0.25, 0.3) is 0 Å². The molecule has 0 saturated carbocycles. The lowest BCUT2D eigenvalue weighted by atomic mass is 10.0. The molecule has 0 radical (unpaired) electrons. The number of carbonyl (C=O) groups excluding carboxylic acids is 1. The molecule has 0 aromatic carbocycles. The van der Waals surface area contributed by atoms with Crippen LogP contribution in [0.2, 0.25) is 0 Å². The zero-order chi connectivity index (χ0) is 58.4. The maximum absolute atomic E-state index is 12.5. The van der Waals surface area contributed by atoms with Gasteiger partial charge in [-0.3, -0.25) is 4.79 Å².